The monoisotopic (exact) mass is 345 g/mol. The number of aromatic nitrogens is 3. The van der Waals surface area contributed by atoms with Gasteiger partial charge in [0.2, 0.25) is 5.13 Å². The third-order valence-corrected chi connectivity index (χ3v) is 5.01. The second kappa shape index (κ2) is 6.84. The van der Waals surface area contributed by atoms with Crippen molar-refractivity contribution < 1.29 is 9.26 Å². The van der Waals surface area contributed by atoms with E-state index < -0.39 is 0 Å². The van der Waals surface area contributed by atoms with Crippen LogP contribution in [0.5, 0.6) is 0 Å². The number of anilines is 1. The number of rotatable bonds is 5. The van der Waals surface area contributed by atoms with Gasteiger partial charge in [-0.2, -0.15) is 4.37 Å². The van der Waals surface area contributed by atoms with Crippen molar-refractivity contribution in [3.05, 3.63) is 35.8 Å². The van der Waals surface area contributed by atoms with Gasteiger partial charge >= 0.3 is 0 Å². The molecule has 2 aromatic heterocycles. The van der Waals surface area contributed by atoms with Gasteiger partial charge in [0.05, 0.1) is 0 Å². The Morgan fingerprint density at radius 3 is 2.88 bits per heavy atom. The van der Waals surface area contributed by atoms with Crippen molar-refractivity contribution >= 4 is 27.6 Å². The van der Waals surface area contributed by atoms with Crippen molar-refractivity contribution in [2.24, 2.45) is 0 Å². The molecule has 3 heterocycles. The molecule has 0 atom stereocenters. The van der Waals surface area contributed by atoms with Crippen LogP contribution in [-0.4, -0.2) is 52.7 Å². The zero-order valence-electron chi connectivity index (χ0n) is 13.5. The van der Waals surface area contributed by atoms with Crippen molar-refractivity contribution in [3.63, 3.8) is 0 Å². The summed E-state index contributed by atoms with van der Waals surface area (Å²) < 4.78 is 14.8. The molecule has 0 unspecified atom stereocenters. The first-order valence-corrected chi connectivity index (χ1v) is 8.73. The molecular formula is C16H19N5O2S. The summed E-state index contributed by atoms with van der Waals surface area (Å²) in [7, 11) is 1.66. The average Bonchev–Trinajstić information content (AvgIpc) is 3.24. The maximum Gasteiger partial charge on any atom is 0.205 e. The molecule has 24 heavy (non-hydrogen) atoms. The van der Waals surface area contributed by atoms with Gasteiger partial charge in [-0.25, -0.2) is 4.98 Å². The van der Waals surface area contributed by atoms with Gasteiger partial charge in [-0.1, -0.05) is 17.3 Å². The summed E-state index contributed by atoms with van der Waals surface area (Å²) in [5, 5.41) is 6.31. The highest BCUT2D eigenvalue weighted by atomic mass is 32.1. The number of para-hydroxylation sites is 1. The van der Waals surface area contributed by atoms with Crippen LogP contribution in [0, 0.1) is 0 Å². The number of methoxy groups -OCH3 is 1. The molecule has 0 spiro atoms. The van der Waals surface area contributed by atoms with E-state index in [1.165, 1.54) is 11.5 Å². The third kappa shape index (κ3) is 3.12. The molecule has 7 nitrogen and oxygen atoms in total. The van der Waals surface area contributed by atoms with Crippen LogP contribution in [0.25, 0.3) is 11.0 Å². The van der Waals surface area contributed by atoms with Crippen molar-refractivity contribution in [1.29, 1.82) is 0 Å². The van der Waals surface area contributed by atoms with Gasteiger partial charge < -0.3 is 14.2 Å². The van der Waals surface area contributed by atoms with E-state index in [2.05, 4.69) is 30.4 Å². The lowest BCUT2D eigenvalue weighted by atomic mass is 10.2. The molecule has 0 aliphatic carbocycles. The van der Waals surface area contributed by atoms with E-state index in [0.717, 1.165) is 60.3 Å². The van der Waals surface area contributed by atoms with Crippen LogP contribution in [0.1, 0.15) is 11.5 Å². The number of piperazine rings is 1. The fraction of sp³-hybridized carbons (Fsp3) is 0.438. The van der Waals surface area contributed by atoms with Gasteiger partial charge in [0.1, 0.15) is 12.3 Å². The summed E-state index contributed by atoms with van der Waals surface area (Å²) >= 11 is 1.44. The topological polar surface area (TPSA) is 67.5 Å². The van der Waals surface area contributed by atoms with E-state index in [4.69, 9.17) is 9.26 Å². The molecule has 1 aromatic carbocycles. The normalized spacial score (nSPS) is 16.1. The maximum atomic E-state index is 5.39. The lowest BCUT2D eigenvalue weighted by Gasteiger charge is -2.33. The van der Waals surface area contributed by atoms with E-state index in [0.29, 0.717) is 6.61 Å². The van der Waals surface area contributed by atoms with Crippen LogP contribution in [0.15, 0.2) is 28.8 Å². The first-order valence-electron chi connectivity index (χ1n) is 7.95. The van der Waals surface area contributed by atoms with E-state index in [-0.39, 0.29) is 0 Å². The van der Waals surface area contributed by atoms with Gasteiger partial charge in [0, 0.05) is 56.8 Å². The molecule has 1 aliphatic rings. The van der Waals surface area contributed by atoms with Gasteiger partial charge in [-0.3, -0.25) is 4.90 Å². The highest BCUT2D eigenvalue weighted by Crippen LogP contribution is 2.22. The Hall–Kier alpha value is -2.03. The quantitative estimate of drug-likeness (QED) is 0.702. The fourth-order valence-electron chi connectivity index (χ4n) is 2.92. The predicted molar refractivity (Wildman–Crippen MR) is 92.1 cm³/mol. The zero-order chi connectivity index (χ0) is 16.4. The van der Waals surface area contributed by atoms with Crippen molar-refractivity contribution in [2.45, 2.75) is 13.2 Å². The Kier molecular flexibility index (Phi) is 4.42. The molecule has 0 radical (unpaired) electrons. The van der Waals surface area contributed by atoms with Gasteiger partial charge in [0.25, 0.3) is 0 Å². The minimum Gasteiger partial charge on any atom is -0.377 e. The Bertz CT molecular complexity index is 810. The smallest absolute Gasteiger partial charge is 0.205 e. The zero-order valence-corrected chi connectivity index (χ0v) is 14.3. The van der Waals surface area contributed by atoms with Gasteiger partial charge in [-0.05, 0) is 12.1 Å². The van der Waals surface area contributed by atoms with Crippen LogP contribution < -0.4 is 4.90 Å². The summed E-state index contributed by atoms with van der Waals surface area (Å²) in [4.78, 5) is 9.21. The molecule has 3 aromatic rings. The molecule has 4 rings (SSSR count). The minimum atomic E-state index is 0.468. The number of nitrogens with zero attached hydrogens (tertiary/aromatic N) is 5. The molecule has 1 fully saturated rings. The van der Waals surface area contributed by atoms with Crippen LogP contribution >= 0.6 is 11.5 Å². The second-order valence-corrected chi connectivity index (χ2v) is 6.55. The van der Waals surface area contributed by atoms with Crippen molar-refractivity contribution in [1.82, 2.24) is 19.4 Å². The third-order valence-electron chi connectivity index (χ3n) is 4.20. The second-order valence-electron chi connectivity index (χ2n) is 5.81. The summed E-state index contributed by atoms with van der Waals surface area (Å²) in [6.07, 6.45) is 0. The molecular weight excluding hydrogens is 326 g/mol. The Morgan fingerprint density at radius 1 is 1.21 bits per heavy atom. The lowest BCUT2D eigenvalue weighted by molar-refractivity contribution is 0.179. The molecule has 0 bridgehead atoms. The number of fused-ring (bicyclic) bond motifs is 1. The summed E-state index contributed by atoms with van der Waals surface area (Å²) in [5.74, 6) is 0.758. The molecule has 0 amide bonds. The van der Waals surface area contributed by atoms with E-state index in [1.807, 2.05) is 18.2 Å². The molecule has 1 saturated heterocycles. The van der Waals surface area contributed by atoms with Crippen LogP contribution in [0.4, 0.5) is 5.13 Å². The molecule has 8 heteroatoms. The lowest BCUT2D eigenvalue weighted by Crippen LogP contribution is -2.46. The minimum absolute atomic E-state index is 0.468. The largest absolute Gasteiger partial charge is 0.377 e. The fourth-order valence-corrected chi connectivity index (χ4v) is 3.65. The molecule has 126 valence electrons. The van der Waals surface area contributed by atoms with Crippen molar-refractivity contribution in [3.8, 4) is 0 Å². The Morgan fingerprint density at radius 2 is 2.04 bits per heavy atom. The molecule has 1 aliphatic heterocycles. The van der Waals surface area contributed by atoms with Crippen LogP contribution in [0.3, 0.4) is 0 Å². The first kappa shape index (κ1) is 15.5. The average molecular weight is 345 g/mol. The maximum absolute atomic E-state index is 5.39. The number of benzene rings is 1. The van der Waals surface area contributed by atoms with E-state index in [9.17, 15) is 0 Å². The molecule has 0 N–H and O–H groups in total. The highest BCUT2D eigenvalue weighted by molar-refractivity contribution is 7.09. The Balaban J connectivity index is 1.37. The Labute approximate surface area is 144 Å². The number of ether oxygens (including phenoxy) is 1. The summed E-state index contributed by atoms with van der Waals surface area (Å²) in [6.45, 7) is 5.11. The van der Waals surface area contributed by atoms with E-state index in [1.54, 1.807) is 7.11 Å². The van der Waals surface area contributed by atoms with Crippen LogP contribution in [-0.2, 0) is 17.9 Å². The number of hydrogen-bond acceptors (Lipinski definition) is 8. The molecule has 0 saturated carbocycles. The SMILES string of the molecule is COCc1nsc(N2CCN(Cc3noc4ccccc34)CC2)n1. The van der Waals surface area contributed by atoms with Crippen LogP contribution in [0.2, 0.25) is 0 Å². The predicted octanol–water partition coefficient (Wildman–Crippen LogP) is 2.15. The first-order chi connectivity index (χ1) is 11.8. The summed E-state index contributed by atoms with van der Waals surface area (Å²) in [5.41, 5.74) is 1.86. The number of hydrogen-bond donors (Lipinski definition) is 0. The van der Waals surface area contributed by atoms with Gasteiger partial charge in [-0.15, -0.1) is 0 Å². The summed E-state index contributed by atoms with van der Waals surface area (Å²) in [6, 6.07) is 8.01. The highest BCUT2D eigenvalue weighted by Gasteiger charge is 2.21. The van der Waals surface area contributed by atoms with Gasteiger partial charge in [0.15, 0.2) is 11.4 Å². The van der Waals surface area contributed by atoms with E-state index >= 15 is 0 Å². The standard InChI is InChI=1S/C16H19N5O2S/c1-22-11-15-17-16(24-19-15)21-8-6-20(7-9-21)10-13-12-4-2-3-5-14(12)23-18-13/h2-5H,6-11H2,1H3. The van der Waals surface area contributed by atoms with Crippen molar-refractivity contribution in [2.75, 3.05) is 38.2 Å².